The van der Waals surface area contributed by atoms with Crippen LogP contribution in [0.1, 0.15) is 18.9 Å². The van der Waals surface area contributed by atoms with E-state index in [9.17, 15) is 0 Å². The van der Waals surface area contributed by atoms with Gasteiger partial charge in [-0.15, -0.1) is 0 Å². The average molecular weight is 336 g/mol. The molecule has 7 heteroatoms. The van der Waals surface area contributed by atoms with Crippen LogP contribution in [0, 0.1) is 0 Å². The Kier molecular flexibility index (Phi) is 4.28. The maximum absolute atomic E-state index is 5.23. The minimum atomic E-state index is 0.414. The molecule has 1 aliphatic rings. The van der Waals surface area contributed by atoms with Crippen LogP contribution in [0.15, 0.2) is 49.2 Å². The van der Waals surface area contributed by atoms with Crippen molar-refractivity contribution < 1.29 is 4.74 Å². The van der Waals surface area contributed by atoms with Gasteiger partial charge in [-0.25, -0.2) is 19.9 Å². The van der Waals surface area contributed by atoms with E-state index in [0.29, 0.717) is 11.9 Å². The highest BCUT2D eigenvalue weighted by Gasteiger charge is 2.24. The lowest BCUT2D eigenvalue weighted by Gasteiger charge is -2.33. The Morgan fingerprint density at radius 3 is 2.56 bits per heavy atom. The highest BCUT2D eigenvalue weighted by Crippen LogP contribution is 2.29. The molecule has 0 aromatic carbocycles. The molecule has 0 spiro atoms. The van der Waals surface area contributed by atoms with Crippen molar-refractivity contribution in [3.63, 3.8) is 0 Å². The molecule has 4 rings (SSSR count). The average Bonchev–Trinajstić information content (AvgIpc) is 3.19. The topological polar surface area (TPSA) is 69.0 Å². The van der Waals surface area contributed by atoms with Gasteiger partial charge < -0.3 is 14.2 Å². The second-order valence-corrected chi connectivity index (χ2v) is 6.01. The van der Waals surface area contributed by atoms with Gasteiger partial charge in [0.05, 0.1) is 7.11 Å². The number of pyridine rings is 1. The molecule has 25 heavy (non-hydrogen) atoms. The molecule has 0 radical (unpaired) electrons. The highest BCUT2D eigenvalue weighted by atomic mass is 16.5. The predicted molar refractivity (Wildman–Crippen MR) is 94.5 cm³/mol. The number of imidazole rings is 1. The summed E-state index contributed by atoms with van der Waals surface area (Å²) in [6.07, 6.45) is 11.3. The van der Waals surface area contributed by atoms with E-state index in [1.54, 1.807) is 25.7 Å². The van der Waals surface area contributed by atoms with Crippen LogP contribution in [-0.2, 0) is 0 Å². The van der Waals surface area contributed by atoms with Gasteiger partial charge in [-0.05, 0) is 25.0 Å². The van der Waals surface area contributed by atoms with Gasteiger partial charge >= 0.3 is 0 Å². The Morgan fingerprint density at radius 1 is 1.00 bits per heavy atom. The van der Waals surface area contributed by atoms with E-state index < -0.39 is 0 Å². The molecule has 0 N–H and O–H groups in total. The standard InChI is InChI=1S/C18H20N6O/c1-25-16-13-14(3-8-19-16)17-20-9-12-24(17)15-4-10-23(11-5-15)18-21-6-2-7-22-18/h2-3,6-9,12-13,15H,4-5,10-11H2,1H3. The molecule has 1 fully saturated rings. The number of hydrogen-bond acceptors (Lipinski definition) is 6. The fourth-order valence-corrected chi connectivity index (χ4v) is 3.29. The van der Waals surface area contributed by atoms with Gasteiger partial charge in [0.2, 0.25) is 11.8 Å². The summed E-state index contributed by atoms with van der Waals surface area (Å²) in [7, 11) is 1.62. The summed E-state index contributed by atoms with van der Waals surface area (Å²) in [6, 6.07) is 6.15. The number of aromatic nitrogens is 5. The van der Waals surface area contributed by atoms with Crippen molar-refractivity contribution in [3.05, 3.63) is 49.2 Å². The third-order valence-electron chi connectivity index (χ3n) is 4.56. The van der Waals surface area contributed by atoms with E-state index in [2.05, 4.69) is 35.6 Å². The zero-order chi connectivity index (χ0) is 17.1. The number of methoxy groups -OCH3 is 1. The summed E-state index contributed by atoms with van der Waals surface area (Å²) < 4.78 is 7.49. The van der Waals surface area contributed by atoms with E-state index in [1.807, 2.05) is 24.4 Å². The molecule has 0 bridgehead atoms. The number of rotatable bonds is 4. The van der Waals surface area contributed by atoms with Crippen LogP contribution in [0.2, 0.25) is 0 Å². The third kappa shape index (κ3) is 3.17. The second kappa shape index (κ2) is 6.88. The third-order valence-corrected chi connectivity index (χ3v) is 4.56. The van der Waals surface area contributed by atoms with Crippen molar-refractivity contribution in [1.82, 2.24) is 24.5 Å². The molecule has 0 aliphatic carbocycles. The van der Waals surface area contributed by atoms with E-state index in [1.165, 1.54) is 0 Å². The van der Waals surface area contributed by atoms with Crippen LogP contribution in [0.5, 0.6) is 5.88 Å². The minimum Gasteiger partial charge on any atom is -0.481 e. The first-order valence-electron chi connectivity index (χ1n) is 8.40. The molecular weight excluding hydrogens is 316 g/mol. The lowest BCUT2D eigenvalue weighted by atomic mass is 10.0. The summed E-state index contributed by atoms with van der Waals surface area (Å²) >= 11 is 0. The van der Waals surface area contributed by atoms with Crippen molar-refractivity contribution >= 4 is 5.95 Å². The first kappa shape index (κ1) is 15.6. The Bertz CT molecular complexity index is 826. The SMILES string of the molecule is COc1cc(-c2nccn2C2CCN(c3ncccn3)CC2)ccn1. The fraction of sp³-hybridized carbons (Fsp3) is 0.333. The summed E-state index contributed by atoms with van der Waals surface area (Å²) in [5, 5.41) is 0. The quantitative estimate of drug-likeness (QED) is 0.729. The van der Waals surface area contributed by atoms with Gasteiger partial charge in [-0.2, -0.15) is 0 Å². The van der Waals surface area contributed by atoms with E-state index in [0.717, 1.165) is 43.3 Å². The molecule has 3 aromatic heterocycles. The van der Waals surface area contributed by atoms with Crippen molar-refractivity contribution in [2.45, 2.75) is 18.9 Å². The second-order valence-electron chi connectivity index (χ2n) is 6.01. The minimum absolute atomic E-state index is 0.414. The molecule has 7 nitrogen and oxygen atoms in total. The van der Waals surface area contributed by atoms with Gasteiger partial charge in [0.1, 0.15) is 5.82 Å². The largest absolute Gasteiger partial charge is 0.481 e. The number of anilines is 1. The summed E-state index contributed by atoms with van der Waals surface area (Å²) in [5.41, 5.74) is 1.02. The zero-order valence-electron chi connectivity index (χ0n) is 14.1. The predicted octanol–water partition coefficient (Wildman–Crippen LogP) is 2.59. The number of nitrogens with zero attached hydrogens (tertiary/aromatic N) is 6. The van der Waals surface area contributed by atoms with E-state index in [4.69, 9.17) is 4.74 Å². The van der Waals surface area contributed by atoms with Crippen molar-refractivity contribution in [1.29, 1.82) is 0 Å². The maximum atomic E-state index is 5.23. The number of ether oxygens (including phenoxy) is 1. The fourth-order valence-electron chi connectivity index (χ4n) is 3.29. The van der Waals surface area contributed by atoms with Crippen LogP contribution in [0.25, 0.3) is 11.4 Å². The molecule has 0 amide bonds. The van der Waals surface area contributed by atoms with Gasteiger partial charge in [0.25, 0.3) is 0 Å². The van der Waals surface area contributed by atoms with Crippen LogP contribution in [-0.4, -0.2) is 44.7 Å². The number of piperidine rings is 1. The monoisotopic (exact) mass is 336 g/mol. The summed E-state index contributed by atoms with van der Waals surface area (Å²) in [5.74, 6) is 2.36. The molecule has 0 atom stereocenters. The Balaban J connectivity index is 1.52. The van der Waals surface area contributed by atoms with Crippen molar-refractivity contribution in [2.75, 3.05) is 25.1 Å². The lowest BCUT2D eigenvalue weighted by molar-refractivity contribution is 0.394. The van der Waals surface area contributed by atoms with Crippen LogP contribution in [0.3, 0.4) is 0 Å². The van der Waals surface area contributed by atoms with Crippen LogP contribution < -0.4 is 9.64 Å². The Hall–Kier alpha value is -2.96. The molecular formula is C18H20N6O. The Morgan fingerprint density at radius 2 is 1.80 bits per heavy atom. The highest BCUT2D eigenvalue weighted by molar-refractivity contribution is 5.56. The van der Waals surface area contributed by atoms with Gasteiger partial charge in [0, 0.05) is 61.7 Å². The van der Waals surface area contributed by atoms with Gasteiger partial charge in [-0.3, -0.25) is 0 Å². The van der Waals surface area contributed by atoms with Gasteiger partial charge in [-0.1, -0.05) is 0 Å². The molecule has 0 saturated carbocycles. The van der Waals surface area contributed by atoms with Crippen molar-refractivity contribution in [3.8, 4) is 17.3 Å². The van der Waals surface area contributed by atoms with Gasteiger partial charge in [0.15, 0.2) is 0 Å². The molecule has 0 unspecified atom stereocenters. The van der Waals surface area contributed by atoms with E-state index in [-0.39, 0.29) is 0 Å². The van der Waals surface area contributed by atoms with Crippen molar-refractivity contribution in [2.24, 2.45) is 0 Å². The summed E-state index contributed by atoms with van der Waals surface area (Å²) in [4.78, 5) is 19.7. The number of hydrogen-bond donors (Lipinski definition) is 0. The molecule has 3 aromatic rings. The van der Waals surface area contributed by atoms with E-state index >= 15 is 0 Å². The van der Waals surface area contributed by atoms with Crippen LogP contribution >= 0.6 is 0 Å². The maximum Gasteiger partial charge on any atom is 0.225 e. The smallest absolute Gasteiger partial charge is 0.225 e. The molecule has 128 valence electrons. The zero-order valence-corrected chi connectivity index (χ0v) is 14.1. The first-order valence-corrected chi connectivity index (χ1v) is 8.40. The molecule has 1 saturated heterocycles. The summed E-state index contributed by atoms with van der Waals surface area (Å²) in [6.45, 7) is 1.87. The normalized spacial score (nSPS) is 15.3. The lowest BCUT2D eigenvalue weighted by Crippen LogP contribution is -2.35. The molecule has 1 aliphatic heterocycles. The first-order chi connectivity index (χ1) is 12.3. The molecule has 4 heterocycles. The Labute approximate surface area is 146 Å². The van der Waals surface area contributed by atoms with Crippen LogP contribution in [0.4, 0.5) is 5.95 Å².